The molecule has 0 bridgehead atoms. The van der Waals surface area contributed by atoms with Gasteiger partial charge in [-0.05, 0) is 30.8 Å². The van der Waals surface area contributed by atoms with Crippen LogP contribution in [0, 0.1) is 0 Å². The highest BCUT2D eigenvalue weighted by molar-refractivity contribution is 5.76. The molecule has 2 aromatic rings. The molecule has 2 rings (SSSR count). The fraction of sp³-hybridized carbons (Fsp3) is 0.438. The third-order valence-corrected chi connectivity index (χ3v) is 3.26. The molecule has 7 heteroatoms. The lowest BCUT2D eigenvalue weighted by Gasteiger charge is -2.04. The standard InChI is InChI=1S/C16H22N4O3/c1-3-17-10-11-18-14(21)8-9-15-19-16(20-23-15)12-4-6-13(22-2)7-5-12/h4-7,17H,3,8-11H2,1-2H3,(H,18,21). The lowest BCUT2D eigenvalue weighted by Crippen LogP contribution is -2.31. The van der Waals surface area contributed by atoms with Crippen LogP contribution in [-0.2, 0) is 11.2 Å². The van der Waals surface area contributed by atoms with Gasteiger partial charge in [-0.25, -0.2) is 0 Å². The first-order chi connectivity index (χ1) is 11.2. The lowest BCUT2D eigenvalue weighted by molar-refractivity contribution is -0.121. The van der Waals surface area contributed by atoms with E-state index in [1.165, 1.54) is 0 Å². The number of nitrogens with zero attached hydrogens (tertiary/aromatic N) is 2. The van der Waals surface area contributed by atoms with Crippen molar-refractivity contribution in [3.8, 4) is 17.1 Å². The topological polar surface area (TPSA) is 89.3 Å². The first-order valence-electron chi connectivity index (χ1n) is 7.67. The Bertz CT molecular complexity index is 610. The Labute approximate surface area is 135 Å². The molecular formula is C16H22N4O3. The van der Waals surface area contributed by atoms with E-state index in [4.69, 9.17) is 9.26 Å². The summed E-state index contributed by atoms with van der Waals surface area (Å²) in [6.07, 6.45) is 0.757. The van der Waals surface area contributed by atoms with Gasteiger partial charge in [-0.3, -0.25) is 4.79 Å². The Balaban J connectivity index is 1.81. The second kappa shape index (κ2) is 8.89. The summed E-state index contributed by atoms with van der Waals surface area (Å²) in [7, 11) is 1.62. The maximum Gasteiger partial charge on any atom is 0.227 e. The fourth-order valence-corrected chi connectivity index (χ4v) is 1.99. The van der Waals surface area contributed by atoms with Gasteiger partial charge in [0.15, 0.2) is 0 Å². The van der Waals surface area contributed by atoms with Crippen molar-refractivity contribution in [2.24, 2.45) is 0 Å². The summed E-state index contributed by atoms with van der Waals surface area (Å²) in [5.74, 6) is 1.71. The molecule has 0 atom stereocenters. The number of aryl methyl sites for hydroxylation is 1. The fourth-order valence-electron chi connectivity index (χ4n) is 1.99. The van der Waals surface area contributed by atoms with Gasteiger partial charge < -0.3 is 19.9 Å². The smallest absolute Gasteiger partial charge is 0.227 e. The van der Waals surface area contributed by atoms with E-state index >= 15 is 0 Å². The molecule has 1 heterocycles. The third kappa shape index (κ3) is 5.37. The number of rotatable bonds is 9. The summed E-state index contributed by atoms with van der Waals surface area (Å²) in [4.78, 5) is 16.0. The van der Waals surface area contributed by atoms with Crippen LogP contribution in [0.25, 0.3) is 11.4 Å². The van der Waals surface area contributed by atoms with E-state index in [1.807, 2.05) is 31.2 Å². The van der Waals surface area contributed by atoms with Crippen LogP contribution in [0.15, 0.2) is 28.8 Å². The van der Waals surface area contributed by atoms with Crippen molar-refractivity contribution in [2.45, 2.75) is 19.8 Å². The number of hydrogen-bond acceptors (Lipinski definition) is 6. The quantitative estimate of drug-likeness (QED) is 0.679. The molecule has 1 aromatic carbocycles. The molecule has 1 amide bonds. The van der Waals surface area contributed by atoms with Crippen LogP contribution in [-0.4, -0.2) is 42.8 Å². The lowest BCUT2D eigenvalue weighted by atomic mass is 10.2. The molecule has 0 radical (unpaired) electrons. The van der Waals surface area contributed by atoms with E-state index in [2.05, 4.69) is 20.8 Å². The highest BCUT2D eigenvalue weighted by Crippen LogP contribution is 2.19. The Kier molecular flexibility index (Phi) is 6.56. The minimum Gasteiger partial charge on any atom is -0.497 e. The molecule has 0 saturated heterocycles. The van der Waals surface area contributed by atoms with Crippen LogP contribution < -0.4 is 15.4 Å². The van der Waals surface area contributed by atoms with Gasteiger partial charge >= 0.3 is 0 Å². The highest BCUT2D eigenvalue weighted by atomic mass is 16.5. The molecular weight excluding hydrogens is 296 g/mol. The number of hydrogen-bond donors (Lipinski definition) is 2. The van der Waals surface area contributed by atoms with Gasteiger partial charge in [0.2, 0.25) is 17.6 Å². The second-order valence-electron chi connectivity index (χ2n) is 4.94. The summed E-state index contributed by atoms with van der Waals surface area (Å²) in [5.41, 5.74) is 0.843. The van der Waals surface area contributed by atoms with Crippen molar-refractivity contribution in [2.75, 3.05) is 26.7 Å². The summed E-state index contributed by atoms with van der Waals surface area (Å²) >= 11 is 0. The monoisotopic (exact) mass is 318 g/mol. The zero-order chi connectivity index (χ0) is 16.5. The van der Waals surface area contributed by atoms with Gasteiger partial charge in [0.25, 0.3) is 0 Å². The molecule has 0 aliphatic carbocycles. The number of benzene rings is 1. The summed E-state index contributed by atoms with van der Waals surface area (Å²) in [5, 5.41) is 9.91. The molecule has 0 spiro atoms. The predicted octanol–water partition coefficient (Wildman–Crippen LogP) is 1.40. The highest BCUT2D eigenvalue weighted by Gasteiger charge is 2.10. The molecule has 0 saturated carbocycles. The number of carbonyl (C=O) groups excluding carboxylic acids is 1. The van der Waals surface area contributed by atoms with E-state index in [9.17, 15) is 4.79 Å². The number of nitrogens with one attached hydrogen (secondary N) is 2. The van der Waals surface area contributed by atoms with E-state index in [0.717, 1.165) is 24.4 Å². The number of ether oxygens (including phenoxy) is 1. The molecule has 1 aromatic heterocycles. The molecule has 124 valence electrons. The van der Waals surface area contributed by atoms with Crippen molar-refractivity contribution in [3.63, 3.8) is 0 Å². The largest absolute Gasteiger partial charge is 0.497 e. The van der Waals surface area contributed by atoms with Crippen molar-refractivity contribution >= 4 is 5.91 Å². The van der Waals surface area contributed by atoms with Crippen LogP contribution in [0.3, 0.4) is 0 Å². The Morgan fingerprint density at radius 3 is 2.74 bits per heavy atom. The molecule has 7 nitrogen and oxygen atoms in total. The van der Waals surface area contributed by atoms with Gasteiger partial charge in [-0.15, -0.1) is 0 Å². The molecule has 0 aliphatic rings. The minimum atomic E-state index is -0.0212. The van der Waals surface area contributed by atoms with Crippen molar-refractivity contribution in [1.29, 1.82) is 0 Å². The normalized spacial score (nSPS) is 10.5. The van der Waals surface area contributed by atoms with Gasteiger partial charge in [0, 0.05) is 31.5 Å². The first-order valence-corrected chi connectivity index (χ1v) is 7.67. The van der Waals surface area contributed by atoms with E-state index < -0.39 is 0 Å². The number of methoxy groups -OCH3 is 1. The van der Waals surface area contributed by atoms with Crippen LogP contribution in [0.4, 0.5) is 0 Å². The average Bonchev–Trinajstić information content (AvgIpc) is 3.06. The zero-order valence-electron chi connectivity index (χ0n) is 13.5. The third-order valence-electron chi connectivity index (χ3n) is 3.26. The summed E-state index contributed by atoms with van der Waals surface area (Å²) in [6.45, 7) is 4.31. The molecule has 2 N–H and O–H groups in total. The number of likely N-dealkylation sites (N-methyl/N-ethyl adjacent to an activating group) is 1. The van der Waals surface area contributed by atoms with Crippen molar-refractivity contribution in [1.82, 2.24) is 20.8 Å². The van der Waals surface area contributed by atoms with Gasteiger partial charge in [0.1, 0.15) is 5.75 Å². The number of amides is 1. The molecule has 0 fully saturated rings. The predicted molar refractivity (Wildman–Crippen MR) is 86.2 cm³/mol. The second-order valence-corrected chi connectivity index (χ2v) is 4.94. The van der Waals surface area contributed by atoms with Gasteiger partial charge in [-0.1, -0.05) is 12.1 Å². The van der Waals surface area contributed by atoms with Crippen LogP contribution in [0.1, 0.15) is 19.2 Å². The maximum absolute atomic E-state index is 11.7. The minimum absolute atomic E-state index is 0.0212. The number of carbonyl (C=O) groups is 1. The van der Waals surface area contributed by atoms with Gasteiger partial charge in [0.05, 0.1) is 7.11 Å². The van der Waals surface area contributed by atoms with E-state index in [0.29, 0.717) is 31.1 Å². The summed E-state index contributed by atoms with van der Waals surface area (Å²) < 4.78 is 10.3. The van der Waals surface area contributed by atoms with Crippen molar-refractivity contribution in [3.05, 3.63) is 30.2 Å². The van der Waals surface area contributed by atoms with E-state index in [-0.39, 0.29) is 5.91 Å². The Morgan fingerprint density at radius 2 is 2.04 bits per heavy atom. The Hall–Kier alpha value is -2.41. The van der Waals surface area contributed by atoms with E-state index in [1.54, 1.807) is 7.11 Å². The molecule has 0 aliphatic heterocycles. The zero-order valence-corrected chi connectivity index (χ0v) is 13.5. The Morgan fingerprint density at radius 1 is 1.26 bits per heavy atom. The van der Waals surface area contributed by atoms with Crippen LogP contribution in [0.5, 0.6) is 5.75 Å². The molecule has 23 heavy (non-hydrogen) atoms. The SMILES string of the molecule is CCNCCNC(=O)CCc1nc(-c2ccc(OC)cc2)no1. The van der Waals surface area contributed by atoms with Crippen LogP contribution in [0.2, 0.25) is 0 Å². The number of aromatic nitrogens is 2. The maximum atomic E-state index is 11.7. The van der Waals surface area contributed by atoms with Crippen LogP contribution >= 0.6 is 0 Å². The molecule has 0 unspecified atom stereocenters. The first kappa shape index (κ1) is 17.0. The summed E-state index contributed by atoms with van der Waals surface area (Å²) in [6, 6.07) is 7.40. The van der Waals surface area contributed by atoms with Gasteiger partial charge in [-0.2, -0.15) is 4.98 Å². The van der Waals surface area contributed by atoms with Crippen molar-refractivity contribution < 1.29 is 14.1 Å². The average molecular weight is 318 g/mol.